The summed E-state index contributed by atoms with van der Waals surface area (Å²) in [6, 6.07) is 21.5. The Kier molecular flexibility index (Phi) is 15.1. The highest BCUT2D eigenvalue weighted by Gasteiger charge is 2.38. The smallest absolute Gasteiger partial charge is 0.303 e. The van der Waals surface area contributed by atoms with E-state index >= 15 is 0 Å². The number of hydrogen-bond acceptors (Lipinski definition) is 9. The number of ether oxygens (including phenoxy) is 2. The Labute approximate surface area is 293 Å². The molecule has 2 atom stereocenters. The minimum absolute atomic E-state index is 0.0474. The van der Waals surface area contributed by atoms with Gasteiger partial charge in [-0.05, 0) is 78.6 Å². The second-order valence-electron chi connectivity index (χ2n) is 12.3. The van der Waals surface area contributed by atoms with Gasteiger partial charge in [0, 0.05) is 26.1 Å². The molecule has 1 unspecified atom stereocenters. The second kappa shape index (κ2) is 18.7. The summed E-state index contributed by atoms with van der Waals surface area (Å²) in [6.45, 7) is 3.98. The van der Waals surface area contributed by atoms with Crippen LogP contribution in [0.2, 0.25) is 0 Å². The molecule has 1 fully saturated rings. The van der Waals surface area contributed by atoms with Gasteiger partial charge in [-0.25, -0.2) is 17.5 Å². The number of amides is 1. The lowest BCUT2D eigenvalue weighted by molar-refractivity contribution is -0.168. The normalized spacial score (nSPS) is 15.0. The lowest BCUT2D eigenvalue weighted by Crippen LogP contribution is -2.46. The molecular formula is C37H47FN2O9S. The van der Waals surface area contributed by atoms with E-state index in [1.807, 2.05) is 55.5 Å². The van der Waals surface area contributed by atoms with Crippen molar-refractivity contribution in [1.29, 1.82) is 0 Å². The quantitative estimate of drug-likeness (QED) is 0.109. The molecule has 272 valence electrons. The Morgan fingerprint density at radius 3 is 2.02 bits per heavy atom. The molecule has 0 aliphatic carbocycles. The Morgan fingerprint density at radius 2 is 1.52 bits per heavy atom. The number of esters is 2. The fourth-order valence-electron chi connectivity index (χ4n) is 5.55. The monoisotopic (exact) mass is 714 g/mol. The summed E-state index contributed by atoms with van der Waals surface area (Å²) >= 11 is 0. The Hall–Kier alpha value is -4.17. The number of β-lactam (4-membered cyclic amide) rings is 1. The van der Waals surface area contributed by atoms with Gasteiger partial charge in [0.1, 0.15) is 11.9 Å². The molecule has 0 aromatic heterocycles. The third kappa shape index (κ3) is 12.3. The number of carbonyl (C=O) groups is 3. The van der Waals surface area contributed by atoms with Crippen LogP contribution < -0.4 is 9.62 Å². The first kappa shape index (κ1) is 40.3. The van der Waals surface area contributed by atoms with E-state index in [4.69, 9.17) is 9.47 Å². The zero-order valence-electron chi connectivity index (χ0n) is 28.9. The first-order chi connectivity index (χ1) is 23.7. The van der Waals surface area contributed by atoms with Gasteiger partial charge in [0.05, 0.1) is 31.9 Å². The van der Waals surface area contributed by atoms with Crippen LogP contribution in [0.25, 0.3) is 0 Å². The van der Waals surface area contributed by atoms with Gasteiger partial charge < -0.3 is 24.6 Å². The van der Waals surface area contributed by atoms with Crippen LogP contribution in [0.1, 0.15) is 80.9 Å². The van der Waals surface area contributed by atoms with Gasteiger partial charge in [-0.2, -0.15) is 0 Å². The molecule has 13 heteroatoms. The standard InChI is InChI=1S/C26H34N2O7S.C11H13FO2/c1-19(31)35-26(17-29,18-30)14-13-21-5-9-22(10-6-21)24-16-25(32)28(24)23-11-7-20(8-12-23)4-3-15-27-36(2,33)34;1-3-11(14-8(2)13)9-4-6-10(12)7-5-9/h5-12,24,27,29-30H,3-4,13-18H2,1-2H3;4-7,11H,3H2,1-2H3/t24-;/m0./s1. The van der Waals surface area contributed by atoms with Crippen LogP contribution in [-0.4, -0.2) is 68.1 Å². The Bertz CT molecular complexity index is 1660. The minimum Gasteiger partial charge on any atom is -0.458 e. The maximum Gasteiger partial charge on any atom is 0.303 e. The molecule has 1 heterocycles. The zero-order valence-corrected chi connectivity index (χ0v) is 29.7. The Balaban J connectivity index is 0.000000403. The zero-order chi connectivity index (χ0) is 36.9. The van der Waals surface area contributed by atoms with Gasteiger partial charge in [-0.1, -0.05) is 55.5 Å². The number of anilines is 1. The number of rotatable bonds is 16. The highest BCUT2D eigenvalue weighted by molar-refractivity contribution is 7.88. The van der Waals surface area contributed by atoms with E-state index in [1.54, 1.807) is 17.0 Å². The van der Waals surface area contributed by atoms with Crippen molar-refractivity contribution in [1.82, 2.24) is 4.72 Å². The highest BCUT2D eigenvalue weighted by atomic mass is 32.2. The van der Waals surface area contributed by atoms with E-state index in [0.29, 0.717) is 32.2 Å². The number of aryl methyl sites for hydroxylation is 2. The number of sulfonamides is 1. The van der Waals surface area contributed by atoms with Gasteiger partial charge >= 0.3 is 11.9 Å². The van der Waals surface area contributed by atoms with Gasteiger partial charge in [0.25, 0.3) is 0 Å². The van der Waals surface area contributed by atoms with Crippen molar-refractivity contribution in [2.75, 3.05) is 30.9 Å². The van der Waals surface area contributed by atoms with E-state index in [-0.39, 0.29) is 36.3 Å². The highest BCUT2D eigenvalue weighted by Crippen LogP contribution is 2.39. The van der Waals surface area contributed by atoms with Crippen LogP contribution in [0.3, 0.4) is 0 Å². The van der Waals surface area contributed by atoms with Crippen LogP contribution in [0.15, 0.2) is 72.8 Å². The van der Waals surface area contributed by atoms with Crippen LogP contribution in [0.5, 0.6) is 0 Å². The molecule has 0 bridgehead atoms. The third-order valence-corrected chi connectivity index (χ3v) is 8.99. The SMILES string of the molecule is CC(=O)OC(CO)(CO)CCc1ccc([C@@H]2CC(=O)N2c2ccc(CCCNS(C)(=O)=O)cc2)cc1.CCC(OC(C)=O)c1ccc(F)cc1. The summed E-state index contributed by atoms with van der Waals surface area (Å²) in [5.41, 5.74) is 3.37. The fraction of sp³-hybridized carbons (Fsp3) is 0.432. The molecule has 0 saturated carbocycles. The number of nitrogens with zero attached hydrogens (tertiary/aromatic N) is 1. The van der Waals surface area contributed by atoms with Crippen molar-refractivity contribution in [2.45, 2.75) is 77.0 Å². The van der Waals surface area contributed by atoms with Crippen molar-refractivity contribution in [3.05, 3.63) is 101 Å². The van der Waals surface area contributed by atoms with E-state index < -0.39 is 34.8 Å². The first-order valence-electron chi connectivity index (χ1n) is 16.5. The molecule has 50 heavy (non-hydrogen) atoms. The van der Waals surface area contributed by atoms with Gasteiger partial charge in [0.15, 0.2) is 5.60 Å². The predicted octanol–water partition coefficient (Wildman–Crippen LogP) is 4.71. The summed E-state index contributed by atoms with van der Waals surface area (Å²) in [7, 11) is -3.18. The average Bonchev–Trinajstić information content (AvgIpc) is 3.07. The number of aliphatic hydroxyl groups excluding tert-OH is 2. The molecule has 0 spiro atoms. The molecule has 11 nitrogen and oxygen atoms in total. The van der Waals surface area contributed by atoms with Crippen molar-refractivity contribution in [3.63, 3.8) is 0 Å². The maximum atomic E-state index is 12.6. The maximum absolute atomic E-state index is 12.6. The lowest BCUT2D eigenvalue weighted by Gasteiger charge is -2.41. The lowest BCUT2D eigenvalue weighted by atomic mass is 9.90. The molecule has 3 aromatic rings. The van der Waals surface area contributed by atoms with Crippen LogP contribution in [0, 0.1) is 5.82 Å². The van der Waals surface area contributed by atoms with Crippen LogP contribution >= 0.6 is 0 Å². The van der Waals surface area contributed by atoms with Crippen molar-refractivity contribution in [3.8, 4) is 0 Å². The summed E-state index contributed by atoms with van der Waals surface area (Å²) in [6.07, 6.45) is 4.17. The van der Waals surface area contributed by atoms with Gasteiger partial charge in [-0.15, -0.1) is 0 Å². The van der Waals surface area contributed by atoms with Gasteiger partial charge in [-0.3, -0.25) is 14.4 Å². The molecule has 0 radical (unpaired) electrons. The van der Waals surface area contributed by atoms with E-state index in [9.17, 15) is 37.4 Å². The minimum atomic E-state index is -3.18. The van der Waals surface area contributed by atoms with Crippen molar-refractivity contribution >= 4 is 33.6 Å². The molecule has 1 amide bonds. The number of hydrogen-bond donors (Lipinski definition) is 3. The molecule has 4 rings (SSSR count). The predicted molar refractivity (Wildman–Crippen MR) is 187 cm³/mol. The van der Waals surface area contributed by atoms with Crippen molar-refractivity contribution < 1.29 is 46.9 Å². The number of carbonyl (C=O) groups excluding carboxylic acids is 3. The van der Waals surface area contributed by atoms with Crippen molar-refractivity contribution in [2.24, 2.45) is 0 Å². The summed E-state index contributed by atoms with van der Waals surface area (Å²) in [5.74, 6) is -1.11. The van der Waals surface area contributed by atoms with E-state index in [2.05, 4.69) is 4.72 Å². The number of benzene rings is 3. The average molecular weight is 715 g/mol. The fourth-order valence-corrected chi connectivity index (χ4v) is 6.07. The molecule has 3 N–H and O–H groups in total. The number of aliphatic hydroxyl groups is 2. The topological polar surface area (TPSA) is 160 Å². The number of nitrogens with one attached hydrogen (secondary N) is 1. The molecule has 1 aliphatic rings. The summed E-state index contributed by atoms with van der Waals surface area (Å²) < 4.78 is 47.6. The largest absolute Gasteiger partial charge is 0.458 e. The van der Waals surface area contributed by atoms with E-state index in [1.165, 1.54) is 26.0 Å². The van der Waals surface area contributed by atoms with Gasteiger partial charge in [0.2, 0.25) is 15.9 Å². The Morgan fingerprint density at radius 1 is 0.940 bits per heavy atom. The summed E-state index contributed by atoms with van der Waals surface area (Å²) in [5, 5.41) is 19.2. The van der Waals surface area contributed by atoms with Crippen LogP contribution in [-0.2, 0) is 46.7 Å². The first-order valence-corrected chi connectivity index (χ1v) is 18.4. The number of halogens is 1. The molecular weight excluding hydrogens is 667 g/mol. The second-order valence-corrected chi connectivity index (χ2v) is 14.1. The third-order valence-electron chi connectivity index (χ3n) is 8.26. The molecule has 3 aromatic carbocycles. The molecule has 1 aliphatic heterocycles. The molecule has 1 saturated heterocycles. The van der Waals surface area contributed by atoms with E-state index in [0.717, 1.165) is 40.6 Å². The summed E-state index contributed by atoms with van der Waals surface area (Å²) in [4.78, 5) is 36.3. The van der Waals surface area contributed by atoms with Crippen LogP contribution in [0.4, 0.5) is 10.1 Å².